The maximum atomic E-state index is 13.4. The van der Waals surface area contributed by atoms with Gasteiger partial charge in [0.2, 0.25) is 0 Å². The van der Waals surface area contributed by atoms with Crippen molar-refractivity contribution in [3.8, 4) is 11.5 Å². The summed E-state index contributed by atoms with van der Waals surface area (Å²) in [7, 11) is 3.00. The molecule has 2 rings (SSSR count). The Morgan fingerprint density at radius 3 is 2.52 bits per heavy atom. The van der Waals surface area contributed by atoms with E-state index in [-0.39, 0.29) is 5.69 Å². The van der Waals surface area contributed by atoms with E-state index >= 15 is 0 Å². The number of ether oxygens (including phenoxy) is 2. The third-order valence-electron chi connectivity index (χ3n) is 3.14. The molecule has 0 saturated carbocycles. The summed E-state index contributed by atoms with van der Waals surface area (Å²) in [5, 5.41) is 5.85. The zero-order chi connectivity index (χ0) is 18.2. The largest absolute Gasteiger partial charge is 0.497 e. The van der Waals surface area contributed by atoms with Crippen LogP contribution in [0.2, 0.25) is 0 Å². The summed E-state index contributed by atoms with van der Waals surface area (Å²) >= 11 is 0. The molecule has 0 spiro atoms. The van der Waals surface area contributed by atoms with E-state index in [9.17, 15) is 14.0 Å². The molecule has 0 bridgehead atoms. The molecule has 0 saturated heterocycles. The van der Waals surface area contributed by atoms with Crippen molar-refractivity contribution in [2.24, 2.45) is 5.10 Å². The van der Waals surface area contributed by atoms with Crippen LogP contribution in [0.3, 0.4) is 0 Å². The van der Waals surface area contributed by atoms with Gasteiger partial charge in [-0.05, 0) is 24.3 Å². The van der Waals surface area contributed by atoms with Crippen LogP contribution < -0.4 is 20.2 Å². The Labute approximate surface area is 143 Å². The van der Waals surface area contributed by atoms with E-state index in [1.165, 1.54) is 44.7 Å². The van der Waals surface area contributed by atoms with Gasteiger partial charge in [0.05, 0.1) is 26.1 Å². The summed E-state index contributed by atoms with van der Waals surface area (Å²) in [5.41, 5.74) is 2.53. The van der Waals surface area contributed by atoms with E-state index in [0.717, 1.165) is 0 Å². The molecule has 0 unspecified atom stereocenters. The van der Waals surface area contributed by atoms with Crippen molar-refractivity contribution in [1.29, 1.82) is 0 Å². The van der Waals surface area contributed by atoms with Gasteiger partial charge in [-0.1, -0.05) is 12.1 Å². The van der Waals surface area contributed by atoms with Gasteiger partial charge >= 0.3 is 11.8 Å². The minimum absolute atomic E-state index is 0.0940. The van der Waals surface area contributed by atoms with E-state index in [1.807, 2.05) is 0 Å². The molecule has 0 aliphatic rings. The normalized spacial score (nSPS) is 10.4. The van der Waals surface area contributed by atoms with Crippen molar-refractivity contribution >= 4 is 23.7 Å². The first-order valence-electron chi connectivity index (χ1n) is 7.16. The molecule has 2 aromatic carbocycles. The first-order valence-corrected chi connectivity index (χ1v) is 7.16. The number of nitrogens with one attached hydrogen (secondary N) is 2. The van der Waals surface area contributed by atoms with Gasteiger partial charge < -0.3 is 14.8 Å². The fraction of sp³-hybridized carbons (Fsp3) is 0.118. The van der Waals surface area contributed by atoms with Gasteiger partial charge in [0.25, 0.3) is 0 Å². The first-order chi connectivity index (χ1) is 12.0. The van der Waals surface area contributed by atoms with Crippen LogP contribution in [0.5, 0.6) is 11.5 Å². The van der Waals surface area contributed by atoms with Gasteiger partial charge in [0.15, 0.2) is 0 Å². The third-order valence-corrected chi connectivity index (χ3v) is 3.14. The number of methoxy groups -OCH3 is 2. The van der Waals surface area contributed by atoms with Gasteiger partial charge in [-0.2, -0.15) is 5.10 Å². The van der Waals surface area contributed by atoms with Crippen molar-refractivity contribution in [3.05, 3.63) is 53.8 Å². The Bertz CT molecular complexity index is 808. The number of hydrazone groups is 1. The second-order valence-electron chi connectivity index (χ2n) is 4.74. The average molecular weight is 345 g/mol. The Balaban J connectivity index is 1.98. The number of carbonyl (C=O) groups is 2. The summed E-state index contributed by atoms with van der Waals surface area (Å²) in [6.45, 7) is 0. The maximum Gasteiger partial charge on any atom is 0.329 e. The first kappa shape index (κ1) is 17.9. The zero-order valence-corrected chi connectivity index (χ0v) is 13.6. The minimum atomic E-state index is -1.04. The van der Waals surface area contributed by atoms with Gasteiger partial charge in [0.1, 0.15) is 17.3 Å². The number of nitrogens with zero attached hydrogens (tertiary/aromatic N) is 1. The standard InChI is InChI=1S/C17H16FN3O4/c1-24-12-8-7-11(15(9-12)25-2)10-19-21-17(23)16(22)20-14-6-4-3-5-13(14)18/h3-10H,1-2H3,(H,20,22)(H,21,23)/b19-10+. The lowest BCUT2D eigenvalue weighted by Crippen LogP contribution is -2.32. The van der Waals surface area contributed by atoms with Crippen LogP contribution >= 0.6 is 0 Å². The lowest BCUT2D eigenvalue weighted by Gasteiger charge is -2.07. The van der Waals surface area contributed by atoms with Crippen LogP contribution in [0.4, 0.5) is 10.1 Å². The van der Waals surface area contributed by atoms with E-state index in [2.05, 4.69) is 15.8 Å². The lowest BCUT2D eigenvalue weighted by atomic mass is 10.2. The Morgan fingerprint density at radius 2 is 1.84 bits per heavy atom. The molecule has 0 aliphatic heterocycles. The molecule has 130 valence electrons. The quantitative estimate of drug-likeness (QED) is 0.492. The lowest BCUT2D eigenvalue weighted by molar-refractivity contribution is -0.136. The topological polar surface area (TPSA) is 89.0 Å². The molecule has 0 radical (unpaired) electrons. The summed E-state index contributed by atoms with van der Waals surface area (Å²) in [6.07, 6.45) is 1.31. The number of amides is 2. The number of rotatable bonds is 5. The number of anilines is 1. The number of carbonyl (C=O) groups excluding carboxylic acids is 2. The van der Waals surface area contributed by atoms with E-state index in [1.54, 1.807) is 18.2 Å². The highest BCUT2D eigenvalue weighted by Gasteiger charge is 2.14. The van der Waals surface area contributed by atoms with Crippen LogP contribution in [0.25, 0.3) is 0 Å². The summed E-state index contributed by atoms with van der Waals surface area (Å²) < 4.78 is 23.7. The highest BCUT2D eigenvalue weighted by molar-refractivity contribution is 6.39. The van der Waals surface area contributed by atoms with Crippen LogP contribution in [0, 0.1) is 5.82 Å². The fourth-order valence-electron chi connectivity index (χ4n) is 1.88. The molecule has 8 heteroatoms. The van der Waals surface area contributed by atoms with Gasteiger partial charge in [-0.25, -0.2) is 9.82 Å². The molecule has 0 heterocycles. The molecule has 0 atom stereocenters. The Hall–Kier alpha value is -3.42. The smallest absolute Gasteiger partial charge is 0.329 e. The number of hydrogen-bond acceptors (Lipinski definition) is 5. The van der Waals surface area contributed by atoms with Crippen LogP contribution in [-0.2, 0) is 9.59 Å². The monoisotopic (exact) mass is 345 g/mol. The van der Waals surface area contributed by atoms with Crippen LogP contribution in [0.15, 0.2) is 47.6 Å². The minimum Gasteiger partial charge on any atom is -0.497 e. The average Bonchev–Trinajstić information content (AvgIpc) is 2.63. The van der Waals surface area contributed by atoms with E-state index in [0.29, 0.717) is 17.1 Å². The second kappa shape index (κ2) is 8.44. The molecule has 25 heavy (non-hydrogen) atoms. The van der Waals surface area contributed by atoms with Crippen molar-refractivity contribution in [1.82, 2.24) is 5.43 Å². The summed E-state index contributed by atoms with van der Waals surface area (Å²) in [4.78, 5) is 23.4. The molecule has 2 N–H and O–H groups in total. The maximum absolute atomic E-state index is 13.4. The van der Waals surface area contributed by atoms with Gasteiger partial charge in [0, 0.05) is 11.6 Å². The highest BCUT2D eigenvalue weighted by atomic mass is 19.1. The van der Waals surface area contributed by atoms with Crippen LogP contribution in [-0.4, -0.2) is 32.2 Å². The van der Waals surface area contributed by atoms with Crippen molar-refractivity contribution in [2.45, 2.75) is 0 Å². The molecule has 7 nitrogen and oxygen atoms in total. The van der Waals surface area contributed by atoms with Gasteiger partial charge in [-0.15, -0.1) is 0 Å². The molecule has 0 fully saturated rings. The molecule has 2 aromatic rings. The second-order valence-corrected chi connectivity index (χ2v) is 4.74. The molecular weight excluding hydrogens is 329 g/mol. The summed E-state index contributed by atoms with van der Waals surface area (Å²) in [6, 6.07) is 10.5. The predicted molar refractivity (Wildman–Crippen MR) is 90.3 cm³/mol. The summed E-state index contributed by atoms with van der Waals surface area (Å²) in [5.74, 6) is -1.64. The highest BCUT2D eigenvalue weighted by Crippen LogP contribution is 2.22. The molecule has 2 amide bonds. The van der Waals surface area contributed by atoms with Crippen LogP contribution in [0.1, 0.15) is 5.56 Å². The van der Waals surface area contributed by atoms with Crippen molar-refractivity contribution in [2.75, 3.05) is 19.5 Å². The van der Waals surface area contributed by atoms with E-state index < -0.39 is 17.6 Å². The van der Waals surface area contributed by atoms with E-state index in [4.69, 9.17) is 9.47 Å². The molecular formula is C17H16FN3O4. The number of para-hydroxylation sites is 1. The number of halogens is 1. The van der Waals surface area contributed by atoms with Crippen molar-refractivity contribution < 1.29 is 23.5 Å². The van der Waals surface area contributed by atoms with Gasteiger partial charge in [-0.3, -0.25) is 9.59 Å². The number of benzene rings is 2. The number of hydrogen-bond donors (Lipinski definition) is 2. The Kier molecular flexibility index (Phi) is 6.05. The predicted octanol–water partition coefficient (Wildman–Crippen LogP) is 1.93. The molecule has 0 aliphatic carbocycles. The SMILES string of the molecule is COc1ccc(/C=N/NC(=O)C(=O)Nc2ccccc2F)c(OC)c1. The third kappa shape index (κ3) is 4.77. The Morgan fingerprint density at radius 1 is 1.08 bits per heavy atom. The van der Waals surface area contributed by atoms with Crippen molar-refractivity contribution in [3.63, 3.8) is 0 Å². The zero-order valence-electron chi connectivity index (χ0n) is 13.6. The molecule has 0 aromatic heterocycles. The fourth-order valence-corrected chi connectivity index (χ4v) is 1.88.